The normalized spacial score (nSPS) is 28.1. The minimum Gasteiger partial charge on any atom is -0.486 e. The number of likely N-dealkylation sites (tertiary alicyclic amines) is 1. The zero-order valence-electron chi connectivity index (χ0n) is 11.0. The van der Waals surface area contributed by atoms with E-state index in [1.807, 2.05) is 24.3 Å². The van der Waals surface area contributed by atoms with Gasteiger partial charge in [-0.05, 0) is 37.4 Å². The third kappa shape index (κ3) is 2.61. The quantitative estimate of drug-likeness (QED) is 0.801. The summed E-state index contributed by atoms with van der Waals surface area (Å²) < 4.78 is 11.8. The van der Waals surface area contributed by atoms with Crippen molar-refractivity contribution in [2.45, 2.75) is 25.9 Å². The number of benzene rings is 1. The van der Waals surface area contributed by atoms with Gasteiger partial charge < -0.3 is 9.47 Å². The lowest BCUT2D eigenvalue weighted by Gasteiger charge is -2.35. The van der Waals surface area contributed by atoms with E-state index in [1.54, 1.807) is 0 Å². The van der Waals surface area contributed by atoms with Crippen molar-refractivity contribution in [3.05, 3.63) is 24.3 Å². The summed E-state index contributed by atoms with van der Waals surface area (Å²) in [5.41, 5.74) is 0. The number of fused-ring (bicyclic) bond motifs is 1. The molecular formula is C15H21NO2. The van der Waals surface area contributed by atoms with E-state index in [0.29, 0.717) is 6.61 Å². The Morgan fingerprint density at radius 1 is 1.28 bits per heavy atom. The first-order valence-electron chi connectivity index (χ1n) is 6.92. The van der Waals surface area contributed by atoms with Crippen LogP contribution in [0.1, 0.15) is 19.8 Å². The summed E-state index contributed by atoms with van der Waals surface area (Å²) >= 11 is 0. The maximum Gasteiger partial charge on any atom is 0.161 e. The van der Waals surface area contributed by atoms with Crippen molar-refractivity contribution >= 4 is 0 Å². The highest BCUT2D eigenvalue weighted by Crippen LogP contribution is 2.31. The van der Waals surface area contributed by atoms with Crippen LogP contribution >= 0.6 is 0 Å². The molecule has 0 radical (unpaired) electrons. The van der Waals surface area contributed by atoms with Crippen molar-refractivity contribution in [2.75, 3.05) is 26.2 Å². The third-order valence-corrected chi connectivity index (χ3v) is 3.77. The minimum atomic E-state index is 0.171. The number of hydrogen-bond acceptors (Lipinski definition) is 3. The van der Waals surface area contributed by atoms with Gasteiger partial charge in [-0.25, -0.2) is 0 Å². The predicted octanol–water partition coefficient (Wildman–Crippen LogP) is 2.56. The molecule has 2 aliphatic rings. The molecule has 2 heterocycles. The molecule has 0 N–H and O–H groups in total. The van der Waals surface area contributed by atoms with Crippen LogP contribution in [0.25, 0.3) is 0 Å². The van der Waals surface area contributed by atoms with E-state index < -0.39 is 0 Å². The Kier molecular flexibility index (Phi) is 3.41. The van der Waals surface area contributed by atoms with E-state index in [1.165, 1.54) is 25.9 Å². The average molecular weight is 247 g/mol. The predicted molar refractivity (Wildman–Crippen MR) is 71.2 cm³/mol. The molecule has 3 rings (SSSR count). The van der Waals surface area contributed by atoms with Gasteiger partial charge in [-0.15, -0.1) is 0 Å². The molecule has 0 saturated carbocycles. The molecule has 0 amide bonds. The number of rotatable bonds is 2. The average Bonchev–Trinajstić information content (AvgIpc) is 2.39. The van der Waals surface area contributed by atoms with Gasteiger partial charge in [-0.1, -0.05) is 19.1 Å². The highest BCUT2D eigenvalue weighted by atomic mass is 16.6. The first kappa shape index (κ1) is 11.8. The highest BCUT2D eigenvalue weighted by Gasteiger charge is 2.25. The Bertz CT molecular complexity index is 407. The lowest BCUT2D eigenvalue weighted by atomic mass is 10.00. The van der Waals surface area contributed by atoms with E-state index in [4.69, 9.17) is 9.47 Å². The fraction of sp³-hybridized carbons (Fsp3) is 0.600. The van der Waals surface area contributed by atoms with Gasteiger partial charge in [0.1, 0.15) is 12.7 Å². The Balaban J connectivity index is 1.59. The molecule has 1 saturated heterocycles. The lowest BCUT2D eigenvalue weighted by Crippen LogP contribution is -2.44. The van der Waals surface area contributed by atoms with E-state index in [0.717, 1.165) is 24.0 Å². The van der Waals surface area contributed by atoms with Crippen LogP contribution in [0.5, 0.6) is 11.5 Å². The SMILES string of the molecule is CC1CCCN(CC2COc3ccccc3O2)C1. The Hall–Kier alpha value is -1.22. The smallest absolute Gasteiger partial charge is 0.161 e. The van der Waals surface area contributed by atoms with Crippen molar-refractivity contribution in [1.82, 2.24) is 4.90 Å². The highest BCUT2D eigenvalue weighted by molar-refractivity contribution is 5.40. The molecule has 2 aliphatic heterocycles. The standard InChI is InChI=1S/C15H21NO2/c1-12-5-4-8-16(9-12)10-13-11-17-14-6-2-3-7-15(14)18-13/h2-3,6-7,12-13H,4-5,8-11H2,1H3. The number of ether oxygens (including phenoxy) is 2. The fourth-order valence-electron chi connectivity index (χ4n) is 2.89. The Labute approximate surface area is 109 Å². The zero-order valence-corrected chi connectivity index (χ0v) is 11.0. The zero-order chi connectivity index (χ0) is 12.4. The second kappa shape index (κ2) is 5.19. The molecular weight excluding hydrogens is 226 g/mol. The summed E-state index contributed by atoms with van der Waals surface area (Å²) in [7, 11) is 0. The third-order valence-electron chi connectivity index (χ3n) is 3.77. The van der Waals surface area contributed by atoms with Crippen LogP contribution in [0.3, 0.4) is 0 Å². The number of hydrogen-bond donors (Lipinski definition) is 0. The molecule has 0 aliphatic carbocycles. The fourth-order valence-corrected chi connectivity index (χ4v) is 2.89. The Morgan fingerprint density at radius 3 is 2.94 bits per heavy atom. The van der Waals surface area contributed by atoms with Crippen molar-refractivity contribution < 1.29 is 9.47 Å². The van der Waals surface area contributed by atoms with Gasteiger partial charge in [-0.2, -0.15) is 0 Å². The molecule has 1 aromatic rings. The lowest BCUT2D eigenvalue weighted by molar-refractivity contribution is 0.0466. The van der Waals surface area contributed by atoms with E-state index >= 15 is 0 Å². The molecule has 98 valence electrons. The van der Waals surface area contributed by atoms with Crippen molar-refractivity contribution in [3.8, 4) is 11.5 Å². The molecule has 3 heteroatoms. The summed E-state index contributed by atoms with van der Waals surface area (Å²) in [6.07, 6.45) is 2.84. The monoisotopic (exact) mass is 247 g/mol. The summed E-state index contributed by atoms with van der Waals surface area (Å²) in [5, 5.41) is 0. The van der Waals surface area contributed by atoms with Crippen LogP contribution in [-0.4, -0.2) is 37.2 Å². The van der Waals surface area contributed by atoms with Crippen molar-refractivity contribution in [3.63, 3.8) is 0 Å². The maximum atomic E-state index is 6.00. The van der Waals surface area contributed by atoms with Crippen LogP contribution in [0.2, 0.25) is 0 Å². The van der Waals surface area contributed by atoms with E-state index in [2.05, 4.69) is 11.8 Å². The molecule has 3 nitrogen and oxygen atoms in total. The second-order valence-electron chi connectivity index (χ2n) is 5.50. The molecule has 2 unspecified atom stereocenters. The molecule has 2 atom stereocenters. The summed E-state index contributed by atoms with van der Waals surface area (Å²) in [6.45, 7) is 6.38. The number of para-hydroxylation sites is 2. The van der Waals surface area contributed by atoms with Gasteiger partial charge in [0.25, 0.3) is 0 Å². The van der Waals surface area contributed by atoms with Crippen LogP contribution in [0.15, 0.2) is 24.3 Å². The number of nitrogens with zero attached hydrogens (tertiary/aromatic N) is 1. The topological polar surface area (TPSA) is 21.7 Å². The van der Waals surface area contributed by atoms with Crippen molar-refractivity contribution in [2.24, 2.45) is 5.92 Å². The first-order chi connectivity index (χ1) is 8.81. The summed E-state index contributed by atoms with van der Waals surface area (Å²) in [5.74, 6) is 2.58. The van der Waals surface area contributed by atoms with Crippen LogP contribution in [0.4, 0.5) is 0 Å². The van der Waals surface area contributed by atoms with Crippen molar-refractivity contribution in [1.29, 1.82) is 0 Å². The number of piperidine rings is 1. The van der Waals surface area contributed by atoms with Gasteiger partial charge in [-0.3, -0.25) is 4.90 Å². The molecule has 18 heavy (non-hydrogen) atoms. The van der Waals surface area contributed by atoms with E-state index in [-0.39, 0.29) is 6.10 Å². The molecule has 0 bridgehead atoms. The molecule has 1 aromatic carbocycles. The maximum absolute atomic E-state index is 6.00. The van der Waals surface area contributed by atoms with Crippen LogP contribution < -0.4 is 9.47 Å². The van der Waals surface area contributed by atoms with Gasteiger partial charge in [0, 0.05) is 13.1 Å². The molecule has 0 spiro atoms. The van der Waals surface area contributed by atoms with Crippen LogP contribution in [0, 0.1) is 5.92 Å². The van der Waals surface area contributed by atoms with Gasteiger partial charge >= 0.3 is 0 Å². The van der Waals surface area contributed by atoms with Crippen LogP contribution in [-0.2, 0) is 0 Å². The largest absolute Gasteiger partial charge is 0.486 e. The molecule has 1 fully saturated rings. The van der Waals surface area contributed by atoms with E-state index in [9.17, 15) is 0 Å². The first-order valence-corrected chi connectivity index (χ1v) is 6.92. The van der Waals surface area contributed by atoms with Gasteiger partial charge in [0.2, 0.25) is 0 Å². The minimum absolute atomic E-state index is 0.171. The van der Waals surface area contributed by atoms with Gasteiger partial charge in [0.05, 0.1) is 0 Å². The summed E-state index contributed by atoms with van der Waals surface area (Å²) in [4.78, 5) is 2.51. The van der Waals surface area contributed by atoms with Gasteiger partial charge in [0.15, 0.2) is 11.5 Å². The summed E-state index contributed by atoms with van der Waals surface area (Å²) in [6, 6.07) is 7.93. The Morgan fingerprint density at radius 2 is 2.11 bits per heavy atom. The second-order valence-corrected chi connectivity index (χ2v) is 5.50. The molecule has 0 aromatic heterocycles.